The molecule has 0 aliphatic heterocycles. The van der Waals surface area contributed by atoms with Crippen LogP contribution in [0, 0.1) is 6.92 Å². The van der Waals surface area contributed by atoms with Gasteiger partial charge in [0, 0.05) is 0 Å². The third-order valence-electron chi connectivity index (χ3n) is 3.26. The van der Waals surface area contributed by atoms with Gasteiger partial charge in [0.15, 0.2) is 0 Å². The second kappa shape index (κ2) is 7.71. The molecule has 0 spiro atoms. The zero-order valence-corrected chi connectivity index (χ0v) is 12.4. The van der Waals surface area contributed by atoms with E-state index in [-0.39, 0.29) is 0 Å². The summed E-state index contributed by atoms with van der Waals surface area (Å²) >= 11 is 0. The lowest BCUT2D eigenvalue weighted by atomic mass is 10.1. The highest BCUT2D eigenvalue weighted by atomic mass is 16.5. The van der Waals surface area contributed by atoms with Gasteiger partial charge in [-0.25, -0.2) is 0 Å². The average molecular weight is 269 g/mol. The molecule has 0 atom stereocenters. The molecule has 0 aliphatic carbocycles. The minimum Gasteiger partial charge on any atom is -0.489 e. The topological polar surface area (TPSA) is 21.3 Å². The first-order chi connectivity index (χ1) is 9.78. The minimum atomic E-state index is 0.622. The average Bonchev–Trinajstić information content (AvgIpc) is 2.47. The number of benzene rings is 2. The van der Waals surface area contributed by atoms with Crippen molar-refractivity contribution in [2.24, 2.45) is 0 Å². The monoisotopic (exact) mass is 269 g/mol. The molecule has 20 heavy (non-hydrogen) atoms. The Kier molecular flexibility index (Phi) is 5.63. The number of likely N-dealkylation sites (N-methyl/N-ethyl adjacent to an activating group) is 1. The molecule has 0 aromatic heterocycles. The first-order valence-electron chi connectivity index (χ1n) is 7.26. The van der Waals surface area contributed by atoms with E-state index < -0.39 is 0 Å². The van der Waals surface area contributed by atoms with Crippen LogP contribution in [0.15, 0.2) is 48.5 Å². The van der Waals surface area contributed by atoms with Crippen LogP contribution in [0.5, 0.6) is 5.75 Å². The van der Waals surface area contributed by atoms with E-state index in [1.165, 1.54) is 16.7 Å². The summed E-state index contributed by atoms with van der Waals surface area (Å²) in [5.74, 6) is 0.932. The van der Waals surface area contributed by atoms with Gasteiger partial charge >= 0.3 is 0 Å². The predicted molar refractivity (Wildman–Crippen MR) is 84.2 cm³/mol. The Bertz CT molecular complexity index is 519. The van der Waals surface area contributed by atoms with Crippen molar-refractivity contribution >= 4 is 0 Å². The van der Waals surface area contributed by atoms with Gasteiger partial charge in [-0.05, 0) is 55.3 Å². The number of nitrogens with one attached hydrogen (secondary N) is 1. The van der Waals surface area contributed by atoms with Crippen molar-refractivity contribution in [1.82, 2.24) is 5.32 Å². The standard InChI is InChI=1S/C18H23NO/c1-3-19-12-11-16-7-9-17(10-8-16)14-20-18-6-4-5-15(2)13-18/h4-10,13,19H,3,11-12,14H2,1-2H3. The summed E-state index contributed by atoms with van der Waals surface area (Å²) in [5, 5.41) is 3.34. The van der Waals surface area contributed by atoms with Crippen molar-refractivity contribution < 1.29 is 4.74 Å². The van der Waals surface area contributed by atoms with Gasteiger partial charge in [-0.3, -0.25) is 0 Å². The summed E-state index contributed by atoms with van der Waals surface area (Å²) in [6, 6.07) is 16.8. The van der Waals surface area contributed by atoms with Crippen LogP contribution >= 0.6 is 0 Å². The van der Waals surface area contributed by atoms with Crippen molar-refractivity contribution in [3.63, 3.8) is 0 Å². The van der Waals surface area contributed by atoms with E-state index in [1.807, 2.05) is 12.1 Å². The fourth-order valence-corrected chi connectivity index (χ4v) is 2.08. The van der Waals surface area contributed by atoms with Crippen LogP contribution in [-0.2, 0) is 13.0 Å². The van der Waals surface area contributed by atoms with E-state index in [0.717, 1.165) is 25.3 Å². The first kappa shape index (κ1) is 14.6. The minimum absolute atomic E-state index is 0.622. The molecule has 2 aromatic carbocycles. The molecule has 106 valence electrons. The fourth-order valence-electron chi connectivity index (χ4n) is 2.08. The van der Waals surface area contributed by atoms with E-state index in [4.69, 9.17) is 4.74 Å². The fraction of sp³-hybridized carbons (Fsp3) is 0.333. The van der Waals surface area contributed by atoms with Crippen molar-refractivity contribution in [3.05, 3.63) is 65.2 Å². The molecule has 2 nitrogen and oxygen atoms in total. The zero-order valence-electron chi connectivity index (χ0n) is 12.4. The number of hydrogen-bond acceptors (Lipinski definition) is 2. The van der Waals surface area contributed by atoms with Crippen LogP contribution < -0.4 is 10.1 Å². The normalized spacial score (nSPS) is 10.5. The predicted octanol–water partition coefficient (Wildman–Crippen LogP) is 3.73. The van der Waals surface area contributed by atoms with Gasteiger partial charge in [0.1, 0.15) is 12.4 Å². The SMILES string of the molecule is CCNCCc1ccc(COc2cccc(C)c2)cc1. The lowest BCUT2D eigenvalue weighted by Crippen LogP contribution is -2.15. The third-order valence-corrected chi connectivity index (χ3v) is 3.26. The molecule has 2 heteroatoms. The maximum absolute atomic E-state index is 5.80. The summed E-state index contributed by atoms with van der Waals surface area (Å²) in [6.45, 7) is 6.90. The van der Waals surface area contributed by atoms with Crippen molar-refractivity contribution in [2.45, 2.75) is 26.9 Å². The Hall–Kier alpha value is -1.80. The van der Waals surface area contributed by atoms with E-state index in [2.05, 4.69) is 55.6 Å². The molecule has 2 aromatic rings. The number of rotatable bonds is 7. The van der Waals surface area contributed by atoms with Gasteiger partial charge in [-0.2, -0.15) is 0 Å². The lowest BCUT2D eigenvalue weighted by Gasteiger charge is -2.08. The van der Waals surface area contributed by atoms with Crippen LogP contribution in [0.2, 0.25) is 0 Å². The molecule has 1 N–H and O–H groups in total. The summed E-state index contributed by atoms with van der Waals surface area (Å²) in [4.78, 5) is 0. The Morgan fingerprint density at radius 3 is 2.45 bits per heavy atom. The molecular weight excluding hydrogens is 246 g/mol. The largest absolute Gasteiger partial charge is 0.489 e. The molecule has 2 rings (SSSR count). The van der Waals surface area contributed by atoms with Crippen molar-refractivity contribution in [1.29, 1.82) is 0 Å². The third kappa shape index (κ3) is 4.71. The highest BCUT2D eigenvalue weighted by Crippen LogP contribution is 2.15. The van der Waals surface area contributed by atoms with E-state index in [1.54, 1.807) is 0 Å². The second-order valence-corrected chi connectivity index (χ2v) is 5.03. The van der Waals surface area contributed by atoms with Gasteiger partial charge in [-0.15, -0.1) is 0 Å². The van der Waals surface area contributed by atoms with E-state index in [9.17, 15) is 0 Å². The Balaban J connectivity index is 1.84. The van der Waals surface area contributed by atoms with Crippen LogP contribution in [0.4, 0.5) is 0 Å². The summed E-state index contributed by atoms with van der Waals surface area (Å²) < 4.78 is 5.80. The maximum Gasteiger partial charge on any atom is 0.120 e. The number of aryl methyl sites for hydroxylation is 1. The second-order valence-electron chi connectivity index (χ2n) is 5.03. The smallest absolute Gasteiger partial charge is 0.120 e. The highest BCUT2D eigenvalue weighted by molar-refractivity contribution is 5.28. The number of ether oxygens (including phenoxy) is 1. The molecule has 0 bridgehead atoms. The molecule has 0 saturated heterocycles. The van der Waals surface area contributed by atoms with Crippen molar-refractivity contribution in [2.75, 3.05) is 13.1 Å². The van der Waals surface area contributed by atoms with E-state index in [0.29, 0.717) is 6.61 Å². The molecular formula is C18H23NO. The molecule has 0 amide bonds. The van der Waals surface area contributed by atoms with Crippen LogP contribution in [0.25, 0.3) is 0 Å². The number of hydrogen-bond donors (Lipinski definition) is 1. The molecule has 0 radical (unpaired) electrons. The van der Waals surface area contributed by atoms with Crippen LogP contribution in [0.3, 0.4) is 0 Å². The quantitative estimate of drug-likeness (QED) is 0.773. The van der Waals surface area contributed by atoms with Crippen LogP contribution in [-0.4, -0.2) is 13.1 Å². The van der Waals surface area contributed by atoms with Gasteiger partial charge in [0.25, 0.3) is 0 Å². The Morgan fingerprint density at radius 1 is 1.00 bits per heavy atom. The summed E-state index contributed by atoms with van der Waals surface area (Å²) in [5.41, 5.74) is 3.80. The zero-order chi connectivity index (χ0) is 14.2. The Morgan fingerprint density at radius 2 is 1.75 bits per heavy atom. The first-order valence-corrected chi connectivity index (χ1v) is 7.26. The van der Waals surface area contributed by atoms with Gasteiger partial charge in [-0.1, -0.05) is 43.3 Å². The van der Waals surface area contributed by atoms with Crippen molar-refractivity contribution in [3.8, 4) is 5.75 Å². The Labute approximate surface area is 121 Å². The van der Waals surface area contributed by atoms with Gasteiger partial charge in [0.2, 0.25) is 0 Å². The van der Waals surface area contributed by atoms with Gasteiger partial charge in [0.05, 0.1) is 0 Å². The summed E-state index contributed by atoms with van der Waals surface area (Å²) in [7, 11) is 0. The maximum atomic E-state index is 5.80. The molecule has 0 heterocycles. The van der Waals surface area contributed by atoms with Gasteiger partial charge < -0.3 is 10.1 Å². The highest BCUT2D eigenvalue weighted by Gasteiger charge is 1.98. The molecule has 0 saturated carbocycles. The summed E-state index contributed by atoms with van der Waals surface area (Å²) in [6.07, 6.45) is 1.08. The molecule has 0 fully saturated rings. The van der Waals surface area contributed by atoms with Crippen LogP contribution in [0.1, 0.15) is 23.6 Å². The molecule has 0 unspecified atom stereocenters. The molecule has 0 aliphatic rings. The lowest BCUT2D eigenvalue weighted by molar-refractivity contribution is 0.306. The van der Waals surface area contributed by atoms with E-state index >= 15 is 0 Å².